The molecule has 0 aliphatic carbocycles. The number of aryl methyl sites for hydroxylation is 1. The van der Waals surface area contributed by atoms with Gasteiger partial charge in [-0.25, -0.2) is 9.97 Å². The lowest BCUT2D eigenvalue weighted by molar-refractivity contribution is 0.102. The molecule has 0 saturated heterocycles. The van der Waals surface area contributed by atoms with Crippen LogP contribution >= 0.6 is 0 Å². The van der Waals surface area contributed by atoms with Gasteiger partial charge in [-0.05, 0) is 25.1 Å². The molecule has 0 aliphatic heterocycles. The zero-order chi connectivity index (χ0) is 16.9. The maximum Gasteiger partial charge on any atom is 0.274 e. The van der Waals surface area contributed by atoms with Crippen LogP contribution < -0.4 is 15.4 Å². The van der Waals surface area contributed by atoms with Crippen LogP contribution in [0.1, 0.15) is 16.2 Å². The van der Waals surface area contributed by atoms with Gasteiger partial charge >= 0.3 is 0 Å². The van der Waals surface area contributed by atoms with Crippen LogP contribution in [0, 0.1) is 6.92 Å². The Bertz CT molecular complexity index is 862. The second-order valence-electron chi connectivity index (χ2n) is 4.87. The van der Waals surface area contributed by atoms with Crippen LogP contribution in [0.15, 0.2) is 47.1 Å². The molecule has 2 aromatic heterocycles. The highest BCUT2D eigenvalue weighted by Crippen LogP contribution is 2.23. The SMILES string of the molecule is COc1ccccc1NC(=O)c1ccnc(Nc2cc(C)on2)n1. The van der Waals surface area contributed by atoms with Gasteiger partial charge in [-0.2, -0.15) is 0 Å². The lowest BCUT2D eigenvalue weighted by Gasteiger charge is -2.09. The summed E-state index contributed by atoms with van der Waals surface area (Å²) in [6, 6.07) is 10.3. The van der Waals surface area contributed by atoms with Gasteiger partial charge in [-0.3, -0.25) is 4.79 Å². The Kier molecular flexibility index (Phi) is 4.37. The molecular weight excluding hydrogens is 310 g/mol. The van der Waals surface area contributed by atoms with Crippen LogP contribution in [0.25, 0.3) is 0 Å². The standard InChI is InChI=1S/C16H15N5O3/c1-10-9-14(21-24-10)20-16-17-8-7-12(19-16)15(22)18-11-5-3-4-6-13(11)23-2/h3-9H,1-2H3,(H,18,22)(H,17,19,20,21). The Labute approximate surface area is 137 Å². The summed E-state index contributed by atoms with van der Waals surface area (Å²) in [7, 11) is 1.54. The number of benzene rings is 1. The Morgan fingerprint density at radius 1 is 1.25 bits per heavy atom. The second-order valence-corrected chi connectivity index (χ2v) is 4.87. The van der Waals surface area contributed by atoms with Gasteiger partial charge < -0.3 is 19.9 Å². The number of nitrogens with one attached hydrogen (secondary N) is 2. The summed E-state index contributed by atoms with van der Waals surface area (Å²) in [5.41, 5.74) is 0.767. The third kappa shape index (κ3) is 3.49. The lowest BCUT2D eigenvalue weighted by atomic mass is 10.2. The number of ether oxygens (including phenoxy) is 1. The maximum atomic E-state index is 12.4. The van der Waals surface area contributed by atoms with Crippen molar-refractivity contribution in [3.8, 4) is 5.75 Å². The number of rotatable bonds is 5. The number of amides is 1. The third-order valence-electron chi connectivity index (χ3n) is 3.11. The Hall–Kier alpha value is -3.42. The summed E-state index contributed by atoms with van der Waals surface area (Å²) in [5, 5.41) is 9.42. The van der Waals surface area contributed by atoms with Crippen molar-refractivity contribution >= 4 is 23.4 Å². The fourth-order valence-electron chi connectivity index (χ4n) is 2.02. The number of carbonyl (C=O) groups excluding carboxylic acids is 1. The first-order valence-corrected chi connectivity index (χ1v) is 7.13. The largest absolute Gasteiger partial charge is 0.495 e. The second kappa shape index (κ2) is 6.78. The summed E-state index contributed by atoms with van der Waals surface area (Å²) in [5.74, 6) is 1.56. The first-order valence-electron chi connectivity index (χ1n) is 7.13. The summed E-state index contributed by atoms with van der Waals surface area (Å²) >= 11 is 0. The van der Waals surface area contributed by atoms with E-state index in [1.807, 2.05) is 6.07 Å². The number of aromatic nitrogens is 3. The molecule has 24 heavy (non-hydrogen) atoms. The highest BCUT2D eigenvalue weighted by molar-refractivity contribution is 6.03. The van der Waals surface area contributed by atoms with Gasteiger partial charge in [0, 0.05) is 12.3 Å². The van der Waals surface area contributed by atoms with Crippen molar-refractivity contribution in [2.45, 2.75) is 6.92 Å². The molecule has 0 spiro atoms. The summed E-state index contributed by atoms with van der Waals surface area (Å²) < 4.78 is 10.2. The highest BCUT2D eigenvalue weighted by atomic mass is 16.5. The molecule has 0 radical (unpaired) electrons. The van der Waals surface area contributed by atoms with Gasteiger partial charge in [0.1, 0.15) is 17.2 Å². The van der Waals surface area contributed by atoms with Gasteiger partial charge in [0.2, 0.25) is 5.95 Å². The van der Waals surface area contributed by atoms with E-state index in [0.29, 0.717) is 23.0 Å². The Morgan fingerprint density at radius 3 is 2.83 bits per heavy atom. The minimum atomic E-state index is -0.374. The van der Waals surface area contributed by atoms with E-state index >= 15 is 0 Å². The van der Waals surface area contributed by atoms with E-state index in [2.05, 4.69) is 25.8 Å². The van der Waals surface area contributed by atoms with Crippen LogP contribution in [-0.4, -0.2) is 28.1 Å². The molecule has 0 aliphatic rings. The van der Waals surface area contributed by atoms with Crippen LogP contribution in [0.2, 0.25) is 0 Å². The van der Waals surface area contributed by atoms with Crippen LogP contribution in [0.5, 0.6) is 5.75 Å². The quantitative estimate of drug-likeness (QED) is 0.743. The molecule has 0 unspecified atom stereocenters. The molecular formula is C16H15N5O3. The molecule has 122 valence electrons. The van der Waals surface area contributed by atoms with E-state index in [4.69, 9.17) is 9.26 Å². The van der Waals surface area contributed by atoms with Gasteiger partial charge in [0.05, 0.1) is 12.8 Å². The van der Waals surface area contributed by atoms with Crippen molar-refractivity contribution in [1.29, 1.82) is 0 Å². The number of nitrogens with zero attached hydrogens (tertiary/aromatic N) is 3. The molecule has 8 heteroatoms. The van der Waals surface area contributed by atoms with Gasteiger partial charge in [-0.15, -0.1) is 0 Å². The monoisotopic (exact) mass is 325 g/mol. The smallest absolute Gasteiger partial charge is 0.274 e. The zero-order valence-electron chi connectivity index (χ0n) is 13.1. The van der Waals surface area contributed by atoms with E-state index in [0.717, 1.165) is 0 Å². The average Bonchev–Trinajstić information content (AvgIpc) is 3.00. The number of anilines is 3. The number of carbonyl (C=O) groups is 1. The van der Waals surface area contributed by atoms with E-state index in [9.17, 15) is 4.79 Å². The van der Waals surface area contributed by atoms with Gasteiger partial charge in [0.15, 0.2) is 5.82 Å². The van der Waals surface area contributed by atoms with Crippen molar-refractivity contribution in [1.82, 2.24) is 15.1 Å². The van der Waals surface area contributed by atoms with E-state index in [1.165, 1.54) is 19.4 Å². The minimum Gasteiger partial charge on any atom is -0.495 e. The summed E-state index contributed by atoms with van der Waals surface area (Å²) in [4.78, 5) is 20.6. The number of hydrogen-bond donors (Lipinski definition) is 2. The van der Waals surface area contributed by atoms with Crippen LogP contribution in [0.4, 0.5) is 17.5 Å². The summed E-state index contributed by atoms with van der Waals surface area (Å²) in [6.07, 6.45) is 1.49. The number of methoxy groups -OCH3 is 1. The fraction of sp³-hybridized carbons (Fsp3) is 0.125. The average molecular weight is 325 g/mol. The molecule has 8 nitrogen and oxygen atoms in total. The number of para-hydroxylation sites is 2. The van der Waals surface area contributed by atoms with Crippen molar-refractivity contribution in [3.05, 3.63) is 54.0 Å². The Balaban J connectivity index is 1.76. The first kappa shape index (κ1) is 15.5. The first-order chi connectivity index (χ1) is 11.7. The van der Waals surface area contributed by atoms with Gasteiger partial charge in [0.25, 0.3) is 5.91 Å². The molecule has 3 rings (SSSR count). The highest BCUT2D eigenvalue weighted by Gasteiger charge is 2.12. The normalized spacial score (nSPS) is 10.2. The molecule has 0 saturated carbocycles. The maximum absolute atomic E-state index is 12.4. The third-order valence-corrected chi connectivity index (χ3v) is 3.11. The van der Waals surface area contributed by atoms with E-state index < -0.39 is 0 Å². The van der Waals surface area contributed by atoms with E-state index in [1.54, 1.807) is 31.2 Å². The van der Waals surface area contributed by atoms with Crippen LogP contribution in [0.3, 0.4) is 0 Å². The molecule has 0 fully saturated rings. The molecule has 1 aromatic carbocycles. The molecule has 0 bridgehead atoms. The van der Waals surface area contributed by atoms with Crippen molar-refractivity contribution in [2.24, 2.45) is 0 Å². The van der Waals surface area contributed by atoms with Crippen LogP contribution in [-0.2, 0) is 0 Å². The van der Waals surface area contributed by atoms with Gasteiger partial charge in [-0.1, -0.05) is 17.3 Å². The Morgan fingerprint density at radius 2 is 2.08 bits per heavy atom. The predicted octanol–water partition coefficient (Wildman–Crippen LogP) is 2.78. The van der Waals surface area contributed by atoms with Crippen molar-refractivity contribution < 1.29 is 14.1 Å². The predicted molar refractivity (Wildman–Crippen MR) is 87.5 cm³/mol. The molecule has 3 aromatic rings. The van der Waals surface area contributed by atoms with Crippen molar-refractivity contribution in [2.75, 3.05) is 17.7 Å². The minimum absolute atomic E-state index is 0.207. The van der Waals surface area contributed by atoms with Crippen molar-refractivity contribution in [3.63, 3.8) is 0 Å². The lowest BCUT2D eigenvalue weighted by Crippen LogP contribution is -2.15. The zero-order valence-corrected chi connectivity index (χ0v) is 13.1. The molecule has 2 N–H and O–H groups in total. The fourth-order valence-corrected chi connectivity index (χ4v) is 2.02. The molecule has 0 atom stereocenters. The topological polar surface area (TPSA) is 102 Å². The molecule has 1 amide bonds. The number of hydrogen-bond acceptors (Lipinski definition) is 7. The molecule has 2 heterocycles. The summed E-state index contributed by atoms with van der Waals surface area (Å²) in [6.45, 7) is 1.77. The van der Waals surface area contributed by atoms with E-state index in [-0.39, 0.29) is 17.5 Å².